The highest BCUT2D eigenvalue weighted by Crippen LogP contribution is 2.51. The topological polar surface area (TPSA) is 35.5 Å². The Balaban J connectivity index is 1.86. The molecule has 3 rings (SSSR count). The van der Waals surface area contributed by atoms with Gasteiger partial charge in [0.25, 0.3) is 0 Å². The summed E-state index contributed by atoms with van der Waals surface area (Å²) in [5.74, 6) is 0.853. The standard InChI is InChI=1S/C12H18O3/c1-8-6-14-11-10(13)9-4-2-3-5-12(9,11)15-7-8/h8-9,11H,2-7H2,1H3/t8-,9-,11+,12+/m0/s1. The quantitative estimate of drug-likeness (QED) is 0.608. The second-order valence-electron chi connectivity index (χ2n) is 5.29. The summed E-state index contributed by atoms with van der Waals surface area (Å²) in [6.07, 6.45) is 4.13. The number of carbonyl (C=O) groups excluding carboxylic acids is 1. The fourth-order valence-corrected chi connectivity index (χ4v) is 3.27. The Morgan fingerprint density at radius 2 is 2.20 bits per heavy atom. The highest BCUT2D eigenvalue weighted by Gasteiger charge is 2.65. The SMILES string of the molecule is C[C@H]1CO[C@@H]2C(=O)[C@@H]3CCCC[C@]23OC1. The zero-order chi connectivity index (χ0) is 10.5. The molecule has 0 radical (unpaired) electrons. The number of rotatable bonds is 0. The number of hydrogen-bond donors (Lipinski definition) is 0. The zero-order valence-corrected chi connectivity index (χ0v) is 9.20. The molecular formula is C12H18O3. The first-order valence-corrected chi connectivity index (χ1v) is 6.03. The molecule has 1 spiro atoms. The van der Waals surface area contributed by atoms with Gasteiger partial charge in [-0.1, -0.05) is 19.8 Å². The molecule has 2 saturated carbocycles. The smallest absolute Gasteiger partial charge is 0.170 e. The molecular weight excluding hydrogens is 192 g/mol. The van der Waals surface area contributed by atoms with Crippen molar-refractivity contribution in [3.8, 4) is 0 Å². The number of carbonyl (C=O) groups is 1. The summed E-state index contributed by atoms with van der Waals surface area (Å²) in [5, 5.41) is 0. The van der Waals surface area contributed by atoms with E-state index in [1.165, 1.54) is 12.8 Å². The van der Waals surface area contributed by atoms with Gasteiger partial charge in [0.1, 0.15) is 11.7 Å². The molecule has 3 fully saturated rings. The lowest BCUT2D eigenvalue weighted by atomic mass is 9.58. The van der Waals surface area contributed by atoms with Gasteiger partial charge < -0.3 is 9.47 Å². The Morgan fingerprint density at radius 1 is 1.33 bits per heavy atom. The lowest BCUT2D eigenvalue weighted by Gasteiger charge is -2.54. The number of Topliss-reactive ketones (excluding diaryl/α,β-unsaturated/α-hetero) is 1. The highest BCUT2D eigenvalue weighted by atomic mass is 16.6. The van der Waals surface area contributed by atoms with E-state index in [0.29, 0.717) is 18.3 Å². The maximum Gasteiger partial charge on any atom is 0.170 e. The van der Waals surface area contributed by atoms with Gasteiger partial charge in [-0.25, -0.2) is 0 Å². The van der Waals surface area contributed by atoms with Crippen molar-refractivity contribution in [1.82, 2.24) is 0 Å². The second-order valence-corrected chi connectivity index (χ2v) is 5.29. The fourth-order valence-electron chi connectivity index (χ4n) is 3.27. The van der Waals surface area contributed by atoms with Gasteiger partial charge in [-0.3, -0.25) is 4.79 Å². The van der Waals surface area contributed by atoms with Gasteiger partial charge in [0, 0.05) is 5.92 Å². The maximum absolute atomic E-state index is 11.9. The van der Waals surface area contributed by atoms with Crippen molar-refractivity contribution in [2.75, 3.05) is 13.2 Å². The first-order chi connectivity index (χ1) is 7.24. The molecule has 84 valence electrons. The lowest BCUT2D eigenvalue weighted by molar-refractivity contribution is -0.221. The van der Waals surface area contributed by atoms with Crippen LogP contribution < -0.4 is 0 Å². The van der Waals surface area contributed by atoms with Crippen molar-refractivity contribution in [2.24, 2.45) is 11.8 Å². The molecule has 2 aliphatic carbocycles. The van der Waals surface area contributed by atoms with Crippen LogP contribution in [-0.2, 0) is 14.3 Å². The maximum atomic E-state index is 11.9. The van der Waals surface area contributed by atoms with E-state index in [4.69, 9.17) is 9.47 Å². The van der Waals surface area contributed by atoms with Gasteiger partial charge in [0.15, 0.2) is 5.78 Å². The summed E-state index contributed by atoms with van der Waals surface area (Å²) in [5.41, 5.74) is -0.222. The van der Waals surface area contributed by atoms with Crippen LogP contribution in [0.5, 0.6) is 0 Å². The van der Waals surface area contributed by atoms with Crippen LogP contribution in [0.1, 0.15) is 32.6 Å². The summed E-state index contributed by atoms with van der Waals surface area (Å²) in [6.45, 7) is 3.54. The van der Waals surface area contributed by atoms with Crippen molar-refractivity contribution in [2.45, 2.75) is 44.3 Å². The molecule has 0 amide bonds. The van der Waals surface area contributed by atoms with E-state index < -0.39 is 0 Å². The van der Waals surface area contributed by atoms with Gasteiger partial charge >= 0.3 is 0 Å². The van der Waals surface area contributed by atoms with Crippen molar-refractivity contribution in [1.29, 1.82) is 0 Å². The summed E-state index contributed by atoms with van der Waals surface area (Å²) >= 11 is 0. The molecule has 0 N–H and O–H groups in total. The van der Waals surface area contributed by atoms with Gasteiger partial charge in [-0.2, -0.15) is 0 Å². The van der Waals surface area contributed by atoms with E-state index in [2.05, 4.69) is 6.92 Å². The van der Waals surface area contributed by atoms with Gasteiger partial charge in [-0.05, 0) is 12.8 Å². The van der Waals surface area contributed by atoms with Crippen LogP contribution in [0.25, 0.3) is 0 Å². The molecule has 3 aliphatic rings. The van der Waals surface area contributed by atoms with Gasteiger partial charge in [-0.15, -0.1) is 0 Å². The summed E-state index contributed by atoms with van der Waals surface area (Å²) in [4.78, 5) is 11.9. The fraction of sp³-hybridized carbons (Fsp3) is 0.917. The van der Waals surface area contributed by atoms with E-state index in [1.54, 1.807) is 0 Å². The van der Waals surface area contributed by atoms with E-state index >= 15 is 0 Å². The number of hydrogen-bond acceptors (Lipinski definition) is 3. The average molecular weight is 210 g/mol. The van der Waals surface area contributed by atoms with Crippen molar-refractivity contribution >= 4 is 5.78 Å². The molecule has 0 bridgehead atoms. The first-order valence-electron chi connectivity index (χ1n) is 6.03. The Morgan fingerprint density at radius 3 is 3.07 bits per heavy atom. The van der Waals surface area contributed by atoms with Crippen LogP contribution in [-0.4, -0.2) is 30.7 Å². The molecule has 0 unspecified atom stereocenters. The highest BCUT2D eigenvalue weighted by molar-refractivity contribution is 5.95. The van der Waals surface area contributed by atoms with Gasteiger partial charge in [0.2, 0.25) is 0 Å². The average Bonchev–Trinajstić information content (AvgIpc) is 2.37. The van der Waals surface area contributed by atoms with Crippen LogP contribution in [0.15, 0.2) is 0 Å². The first kappa shape index (κ1) is 9.79. The lowest BCUT2D eigenvalue weighted by Crippen LogP contribution is -2.69. The van der Waals surface area contributed by atoms with Crippen molar-refractivity contribution in [3.63, 3.8) is 0 Å². The predicted octanol–water partition coefficient (Wildman–Crippen LogP) is 1.55. The summed E-state index contributed by atoms with van der Waals surface area (Å²) in [6, 6.07) is 0. The van der Waals surface area contributed by atoms with Crippen molar-refractivity contribution in [3.05, 3.63) is 0 Å². The molecule has 1 heterocycles. The van der Waals surface area contributed by atoms with Crippen LogP contribution in [0.3, 0.4) is 0 Å². The monoisotopic (exact) mass is 210 g/mol. The molecule has 4 atom stereocenters. The van der Waals surface area contributed by atoms with E-state index in [9.17, 15) is 4.79 Å². The van der Waals surface area contributed by atoms with Crippen molar-refractivity contribution < 1.29 is 14.3 Å². The minimum Gasteiger partial charge on any atom is -0.371 e. The molecule has 0 aromatic heterocycles. The minimum atomic E-state index is -0.243. The third-order valence-electron chi connectivity index (χ3n) is 4.13. The van der Waals surface area contributed by atoms with E-state index in [0.717, 1.165) is 19.4 Å². The van der Waals surface area contributed by atoms with Crippen LogP contribution >= 0.6 is 0 Å². The van der Waals surface area contributed by atoms with E-state index in [1.807, 2.05) is 0 Å². The third kappa shape index (κ3) is 1.23. The Hall–Kier alpha value is -0.410. The Bertz CT molecular complexity index is 289. The number of ketones is 1. The Labute approximate surface area is 90.1 Å². The zero-order valence-electron chi connectivity index (χ0n) is 9.20. The minimum absolute atomic E-state index is 0.140. The molecule has 3 nitrogen and oxygen atoms in total. The molecule has 0 aromatic carbocycles. The number of ether oxygens (including phenoxy) is 2. The Kier molecular flexibility index (Phi) is 2.15. The molecule has 1 saturated heterocycles. The van der Waals surface area contributed by atoms with Crippen LogP contribution in [0, 0.1) is 11.8 Å². The summed E-state index contributed by atoms with van der Waals surface area (Å²) < 4.78 is 11.7. The normalized spacial score (nSPS) is 49.9. The van der Waals surface area contributed by atoms with Crippen LogP contribution in [0.4, 0.5) is 0 Å². The third-order valence-corrected chi connectivity index (χ3v) is 4.13. The van der Waals surface area contributed by atoms with Gasteiger partial charge in [0.05, 0.1) is 19.1 Å². The van der Waals surface area contributed by atoms with Crippen LogP contribution in [0.2, 0.25) is 0 Å². The molecule has 15 heavy (non-hydrogen) atoms. The van der Waals surface area contributed by atoms with E-state index in [-0.39, 0.29) is 17.6 Å². The predicted molar refractivity (Wildman–Crippen MR) is 54.6 cm³/mol. The molecule has 1 aliphatic heterocycles. The molecule has 0 aromatic rings. The largest absolute Gasteiger partial charge is 0.371 e. The summed E-state index contributed by atoms with van der Waals surface area (Å²) in [7, 11) is 0. The molecule has 3 heteroatoms. The second kappa shape index (κ2) is 3.29.